The Morgan fingerprint density at radius 2 is 1.42 bits per heavy atom. The van der Waals surface area contributed by atoms with Crippen molar-refractivity contribution in [3.8, 4) is 0 Å². The van der Waals surface area contributed by atoms with Crippen LogP contribution in [0.5, 0.6) is 0 Å². The molecule has 0 aromatic rings. The number of carbonyl (C=O) groups excluding carboxylic acids is 2. The summed E-state index contributed by atoms with van der Waals surface area (Å²) in [6.45, 7) is 8.53. The van der Waals surface area contributed by atoms with E-state index in [1.807, 2.05) is 13.8 Å². The second kappa shape index (κ2) is 7.60. The Kier molecular flexibility index (Phi) is 6.89. The molecule has 0 rings (SSSR count). The van der Waals surface area contributed by atoms with Gasteiger partial charge in [-0.2, -0.15) is 0 Å². The molecule has 0 aliphatic heterocycles. The molecule has 2 unspecified atom stereocenters. The Morgan fingerprint density at radius 3 is 1.79 bits per heavy atom. The lowest BCUT2D eigenvalue weighted by Crippen LogP contribution is -2.54. The van der Waals surface area contributed by atoms with E-state index in [2.05, 4.69) is 16.0 Å². The first-order valence-electron chi connectivity index (χ1n) is 6.25. The van der Waals surface area contributed by atoms with E-state index in [1.54, 1.807) is 13.8 Å². The Bertz CT molecular complexity index is 342. The standard InChI is InChI=1S/C12H23N3O4/c1-6(2)9(11(17)18)15-12(19)14-8(5)10(16)13-7(3)4/h6-9H,1-5H3,(H,13,16)(H,17,18)(H2,14,15,19). The molecule has 0 aromatic carbocycles. The van der Waals surface area contributed by atoms with E-state index in [9.17, 15) is 14.4 Å². The van der Waals surface area contributed by atoms with E-state index < -0.39 is 24.1 Å². The molecule has 7 nitrogen and oxygen atoms in total. The highest BCUT2D eigenvalue weighted by Gasteiger charge is 2.24. The van der Waals surface area contributed by atoms with Crippen molar-refractivity contribution < 1.29 is 19.5 Å². The van der Waals surface area contributed by atoms with E-state index in [-0.39, 0.29) is 17.9 Å². The van der Waals surface area contributed by atoms with Gasteiger partial charge in [0.25, 0.3) is 0 Å². The van der Waals surface area contributed by atoms with Crippen LogP contribution in [0, 0.1) is 5.92 Å². The monoisotopic (exact) mass is 273 g/mol. The first-order valence-corrected chi connectivity index (χ1v) is 6.25. The van der Waals surface area contributed by atoms with Crippen LogP contribution in [0.3, 0.4) is 0 Å². The third-order valence-corrected chi connectivity index (χ3v) is 2.39. The van der Waals surface area contributed by atoms with Crippen molar-refractivity contribution in [3.05, 3.63) is 0 Å². The summed E-state index contributed by atoms with van der Waals surface area (Å²) in [5.41, 5.74) is 0. The summed E-state index contributed by atoms with van der Waals surface area (Å²) in [6.07, 6.45) is 0. The van der Waals surface area contributed by atoms with Crippen LogP contribution in [0.25, 0.3) is 0 Å². The van der Waals surface area contributed by atoms with Crippen molar-refractivity contribution in [3.63, 3.8) is 0 Å². The predicted octanol–water partition coefficient (Wildman–Crippen LogP) is 0.308. The number of amides is 3. The summed E-state index contributed by atoms with van der Waals surface area (Å²) < 4.78 is 0. The topological polar surface area (TPSA) is 108 Å². The highest BCUT2D eigenvalue weighted by Crippen LogP contribution is 2.01. The van der Waals surface area contributed by atoms with Crippen LogP contribution in [-0.2, 0) is 9.59 Å². The average Bonchev–Trinajstić information content (AvgIpc) is 2.23. The number of hydrogen-bond donors (Lipinski definition) is 4. The van der Waals surface area contributed by atoms with Gasteiger partial charge in [0.1, 0.15) is 12.1 Å². The van der Waals surface area contributed by atoms with Crippen LogP contribution in [-0.4, -0.2) is 41.1 Å². The molecule has 110 valence electrons. The highest BCUT2D eigenvalue weighted by molar-refractivity contribution is 5.88. The maximum absolute atomic E-state index is 11.6. The van der Waals surface area contributed by atoms with Crippen molar-refractivity contribution in [1.29, 1.82) is 0 Å². The minimum absolute atomic E-state index is 0.0257. The summed E-state index contributed by atoms with van der Waals surface area (Å²) in [5, 5.41) is 16.3. The third-order valence-electron chi connectivity index (χ3n) is 2.39. The van der Waals surface area contributed by atoms with E-state index in [1.165, 1.54) is 6.92 Å². The van der Waals surface area contributed by atoms with Gasteiger partial charge in [-0.05, 0) is 26.7 Å². The average molecular weight is 273 g/mol. The molecule has 7 heteroatoms. The Morgan fingerprint density at radius 1 is 0.895 bits per heavy atom. The third kappa shape index (κ3) is 6.64. The lowest BCUT2D eigenvalue weighted by Gasteiger charge is -2.20. The molecule has 0 aliphatic rings. The molecule has 2 atom stereocenters. The van der Waals surface area contributed by atoms with Crippen LogP contribution in [0.2, 0.25) is 0 Å². The fourth-order valence-electron chi connectivity index (χ4n) is 1.37. The highest BCUT2D eigenvalue weighted by atomic mass is 16.4. The van der Waals surface area contributed by atoms with Gasteiger partial charge >= 0.3 is 12.0 Å². The fraction of sp³-hybridized carbons (Fsp3) is 0.750. The molecule has 3 amide bonds. The predicted molar refractivity (Wildman–Crippen MR) is 70.7 cm³/mol. The molecule has 19 heavy (non-hydrogen) atoms. The van der Waals surface area contributed by atoms with Crippen molar-refractivity contribution in [2.24, 2.45) is 5.92 Å². The van der Waals surface area contributed by atoms with Gasteiger partial charge in [-0.1, -0.05) is 13.8 Å². The Hall–Kier alpha value is -1.79. The summed E-state index contributed by atoms with van der Waals surface area (Å²) in [6, 6.07) is -2.42. The summed E-state index contributed by atoms with van der Waals surface area (Å²) in [7, 11) is 0. The molecule has 0 saturated heterocycles. The number of aliphatic carboxylic acids is 1. The van der Waals surface area contributed by atoms with E-state index in [0.717, 1.165) is 0 Å². The van der Waals surface area contributed by atoms with Gasteiger partial charge in [0.15, 0.2) is 0 Å². The molecular formula is C12H23N3O4. The number of carboxylic acid groups (broad SMARTS) is 1. The van der Waals surface area contributed by atoms with Crippen molar-refractivity contribution in [2.75, 3.05) is 0 Å². The van der Waals surface area contributed by atoms with Crippen molar-refractivity contribution >= 4 is 17.9 Å². The first kappa shape index (κ1) is 17.2. The van der Waals surface area contributed by atoms with Crippen LogP contribution >= 0.6 is 0 Å². The number of carboxylic acids is 1. The van der Waals surface area contributed by atoms with Crippen molar-refractivity contribution in [2.45, 2.75) is 52.7 Å². The quantitative estimate of drug-likeness (QED) is 0.558. The molecule has 0 aromatic heterocycles. The van der Waals surface area contributed by atoms with Crippen molar-refractivity contribution in [1.82, 2.24) is 16.0 Å². The number of nitrogens with one attached hydrogen (secondary N) is 3. The summed E-state index contributed by atoms with van der Waals surface area (Å²) >= 11 is 0. The number of hydrogen-bond acceptors (Lipinski definition) is 3. The molecule has 4 N–H and O–H groups in total. The normalized spacial score (nSPS) is 13.8. The second-order valence-corrected chi connectivity index (χ2v) is 5.06. The molecule has 0 heterocycles. The van der Waals surface area contributed by atoms with Gasteiger partial charge in [0.05, 0.1) is 0 Å². The lowest BCUT2D eigenvalue weighted by atomic mass is 10.1. The minimum atomic E-state index is -1.11. The Balaban J connectivity index is 4.37. The minimum Gasteiger partial charge on any atom is -0.480 e. The fourth-order valence-corrected chi connectivity index (χ4v) is 1.37. The SMILES string of the molecule is CC(C)NC(=O)C(C)NC(=O)NC(C(=O)O)C(C)C. The number of urea groups is 1. The largest absolute Gasteiger partial charge is 0.480 e. The van der Waals surface area contributed by atoms with Gasteiger partial charge in [-0.25, -0.2) is 9.59 Å². The van der Waals surface area contributed by atoms with Crippen LogP contribution < -0.4 is 16.0 Å². The lowest BCUT2D eigenvalue weighted by molar-refractivity contribution is -0.140. The number of rotatable bonds is 6. The van der Waals surface area contributed by atoms with E-state index in [0.29, 0.717) is 0 Å². The molecule has 0 saturated carbocycles. The Labute approximate surface area is 113 Å². The molecule has 0 fully saturated rings. The molecule has 0 spiro atoms. The molecule has 0 radical (unpaired) electrons. The first-order chi connectivity index (χ1) is 8.65. The zero-order valence-electron chi connectivity index (χ0n) is 12.0. The smallest absolute Gasteiger partial charge is 0.326 e. The molecule has 0 bridgehead atoms. The van der Waals surface area contributed by atoms with Crippen LogP contribution in [0.4, 0.5) is 4.79 Å². The van der Waals surface area contributed by atoms with Gasteiger partial charge in [-0.3, -0.25) is 4.79 Å². The summed E-state index contributed by atoms with van der Waals surface area (Å²) in [4.78, 5) is 34.1. The number of carbonyl (C=O) groups is 3. The van der Waals surface area contributed by atoms with Gasteiger partial charge in [0.2, 0.25) is 5.91 Å². The zero-order valence-corrected chi connectivity index (χ0v) is 12.0. The zero-order chi connectivity index (χ0) is 15.2. The van der Waals surface area contributed by atoms with Crippen LogP contribution in [0.1, 0.15) is 34.6 Å². The molecular weight excluding hydrogens is 250 g/mol. The molecule has 0 aliphatic carbocycles. The maximum atomic E-state index is 11.6. The van der Waals surface area contributed by atoms with Gasteiger partial charge in [-0.15, -0.1) is 0 Å². The van der Waals surface area contributed by atoms with Gasteiger partial charge in [0, 0.05) is 6.04 Å². The van der Waals surface area contributed by atoms with Gasteiger partial charge < -0.3 is 21.1 Å². The summed E-state index contributed by atoms with van der Waals surface area (Å²) in [5.74, 6) is -1.67. The van der Waals surface area contributed by atoms with Crippen LogP contribution in [0.15, 0.2) is 0 Å². The van der Waals surface area contributed by atoms with E-state index in [4.69, 9.17) is 5.11 Å². The second-order valence-electron chi connectivity index (χ2n) is 5.06. The maximum Gasteiger partial charge on any atom is 0.326 e. The van der Waals surface area contributed by atoms with E-state index >= 15 is 0 Å².